The van der Waals surface area contributed by atoms with Gasteiger partial charge in [0.2, 0.25) is 0 Å². The maximum Gasteiger partial charge on any atom is 0.0345 e. The van der Waals surface area contributed by atoms with Gasteiger partial charge in [0.1, 0.15) is 0 Å². The van der Waals surface area contributed by atoms with Crippen molar-refractivity contribution in [1.29, 1.82) is 0 Å². The minimum absolute atomic E-state index is 0. The van der Waals surface area contributed by atoms with Crippen LogP contribution in [0.15, 0.2) is 60.7 Å². The molecule has 3 saturated heterocycles. The molecular weight excluding hydrogens is 364 g/mol. The highest BCUT2D eigenvalue weighted by atomic mass is 35.5. The molecule has 2 unspecified atom stereocenters. The number of likely N-dealkylation sites (tertiary alicyclic amines) is 1. The molecule has 150 valence electrons. The second kappa shape index (κ2) is 8.57. The lowest BCUT2D eigenvalue weighted by atomic mass is 9.61. The SMILES string of the molecule is Cl.c1ccc(C2CC3(N4CCCCC4)CNCC2C(c2ccccc2)C3)cc1. The van der Waals surface area contributed by atoms with Gasteiger partial charge in [-0.3, -0.25) is 4.90 Å². The first-order valence-electron chi connectivity index (χ1n) is 10.9. The van der Waals surface area contributed by atoms with Crippen molar-refractivity contribution in [2.45, 2.75) is 49.5 Å². The van der Waals surface area contributed by atoms with Gasteiger partial charge >= 0.3 is 0 Å². The molecule has 3 heteroatoms. The number of nitrogens with one attached hydrogen (secondary N) is 1. The molecule has 0 spiro atoms. The van der Waals surface area contributed by atoms with Gasteiger partial charge in [0.25, 0.3) is 0 Å². The van der Waals surface area contributed by atoms with Gasteiger partial charge < -0.3 is 5.32 Å². The molecule has 1 saturated carbocycles. The van der Waals surface area contributed by atoms with Crippen LogP contribution < -0.4 is 5.32 Å². The minimum atomic E-state index is 0. The topological polar surface area (TPSA) is 15.3 Å². The average molecular weight is 397 g/mol. The van der Waals surface area contributed by atoms with Crippen molar-refractivity contribution >= 4 is 12.4 Å². The second-order valence-corrected chi connectivity index (χ2v) is 9.01. The van der Waals surface area contributed by atoms with Crippen molar-refractivity contribution in [3.63, 3.8) is 0 Å². The van der Waals surface area contributed by atoms with Crippen LogP contribution in [-0.2, 0) is 0 Å². The number of halogens is 1. The molecule has 6 rings (SSSR count). The van der Waals surface area contributed by atoms with E-state index in [9.17, 15) is 0 Å². The van der Waals surface area contributed by atoms with Crippen LogP contribution in [0.3, 0.4) is 0 Å². The first-order valence-corrected chi connectivity index (χ1v) is 10.9. The van der Waals surface area contributed by atoms with E-state index in [1.54, 1.807) is 11.1 Å². The quantitative estimate of drug-likeness (QED) is 0.765. The summed E-state index contributed by atoms with van der Waals surface area (Å²) >= 11 is 0. The highest BCUT2D eigenvalue weighted by molar-refractivity contribution is 5.85. The zero-order valence-corrected chi connectivity index (χ0v) is 17.5. The summed E-state index contributed by atoms with van der Waals surface area (Å²) < 4.78 is 0. The molecule has 3 aliphatic heterocycles. The van der Waals surface area contributed by atoms with Crippen molar-refractivity contribution in [2.75, 3.05) is 26.2 Å². The van der Waals surface area contributed by atoms with Crippen molar-refractivity contribution in [1.82, 2.24) is 10.2 Å². The van der Waals surface area contributed by atoms with Crippen molar-refractivity contribution < 1.29 is 0 Å². The minimum Gasteiger partial charge on any atom is -0.315 e. The number of rotatable bonds is 3. The highest BCUT2D eigenvalue weighted by Crippen LogP contribution is 2.53. The van der Waals surface area contributed by atoms with E-state index < -0.39 is 0 Å². The molecule has 1 N–H and O–H groups in total. The molecular formula is C25H33ClN2. The van der Waals surface area contributed by atoms with Crippen LogP contribution in [0, 0.1) is 5.92 Å². The Morgan fingerprint density at radius 1 is 0.750 bits per heavy atom. The first kappa shape index (κ1) is 19.9. The number of hydrogen-bond acceptors (Lipinski definition) is 2. The van der Waals surface area contributed by atoms with Crippen LogP contribution in [0.2, 0.25) is 0 Å². The van der Waals surface area contributed by atoms with Gasteiger partial charge in [-0.2, -0.15) is 0 Å². The molecule has 4 fully saturated rings. The van der Waals surface area contributed by atoms with Crippen molar-refractivity contribution in [3.05, 3.63) is 71.8 Å². The van der Waals surface area contributed by atoms with E-state index in [2.05, 4.69) is 70.9 Å². The van der Waals surface area contributed by atoms with Gasteiger partial charge in [0.05, 0.1) is 0 Å². The molecule has 2 aromatic carbocycles. The van der Waals surface area contributed by atoms with E-state index in [1.165, 1.54) is 45.2 Å². The number of fused-ring (bicyclic) bond motifs is 4. The lowest BCUT2D eigenvalue weighted by Gasteiger charge is -2.52. The molecule has 28 heavy (non-hydrogen) atoms. The van der Waals surface area contributed by atoms with Crippen molar-refractivity contribution in [3.8, 4) is 0 Å². The Morgan fingerprint density at radius 2 is 1.29 bits per heavy atom. The van der Waals surface area contributed by atoms with Crippen LogP contribution in [0.25, 0.3) is 0 Å². The molecule has 2 atom stereocenters. The van der Waals surface area contributed by atoms with Gasteiger partial charge in [-0.25, -0.2) is 0 Å². The predicted molar refractivity (Wildman–Crippen MR) is 119 cm³/mol. The molecule has 2 bridgehead atoms. The van der Waals surface area contributed by atoms with E-state index in [0.29, 0.717) is 23.3 Å². The summed E-state index contributed by atoms with van der Waals surface area (Å²) in [5.41, 5.74) is 3.41. The first-order chi connectivity index (χ1) is 13.4. The van der Waals surface area contributed by atoms with Gasteiger partial charge in [0, 0.05) is 12.1 Å². The van der Waals surface area contributed by atoms with E-state index >= 15 is 0 Å². The van der Waals surface area contributed by atoms with E-state index in [-0.39, 0.29) is 12.4 Å². The molecule has 4 aliphatic rings. The van der Waals surface area contributed by atoms with Gasteiger partial charge in [-0.1, -0.05) is 67.1 Å². The molecule has 1 aliphatic carbocycles. The predicted octanol–water partition coefficient (Wildman–Crippen LogP) is 5.21. The summed E-state index contributed by atoms with van der Waals surface area (Å²) in [6.07, 6.45) is 6.79. The summed E-state index contributed by atoms with van der Waals surface area (Å²) in [4.78, 5) is 2.87. The lowest BCUT2D eigenvalue weighted by molar-refractivity contribution is 0.0209. The average Bonchev–Trinajstić information content (AvgIpc) is 3.07. The Labute approximate surface area is 176 Å². The fourth-order valence-electron chi connectivity index (χ4n) is 6.25. The zero-order chi connectivity index (χ0) is 18.1. The van der Waals surface area contributed by atoms with E-state index in [1.807, 2.05) is 0 Å². The van der Waals surface area contributed by atoms with E-state index in [4.69, 9.17) is 0 Å². The summed E-state index contributed by atoms with van der Waals surface area (Å²) in [7, 11) is 0. The van der Waals surface area contributed by atoms with E-state index in [0.717, 1.165) is 13.1 Å². The fraction of sp³-hybridized carbons (Fsp3) is 0.520. The largest absolute Gasteiger partial charge is 0.315 e. The molecule has 0 amide bonds. The van der Waals surface area contributed by atoms with Crippen LogP contribution >= 0.6 is 12.4 Å². The standard InChI is InChI=1S/C25H32N2.ClH/c1-4-10-20(11-5-1)22-16-25(27-14-8-3-9-15-27)17-23(24(22)18-26-19-25)21-12-6-2-7-13-21;/h1-2,4-7,10-13,22-24,26H,3,8-9,14-19H2;1H. The monoisotopic (exact) mass is 396 g/mol. The Balaban J connectivity index is 0.00000192. The van der Waals surface area contributed by atoms with Gasteiger partial charge in [-0.05, 0) is 74.2 Å². The third kappa shape index (κ3) is 3.63. The smallest absolute Gasteiger partial charge is 0.0345 e. The van der Waals surface area contributed by atoms with Crippen LogP contribution in [-0.4, -0.2) is 36.6 Å². The third-order valence-electron chi connectivity index (χ3n) is 7.55. The Morgan fingerprint density at radius 3 is 1.82 bits per heavy atom. The Kier molecular flexibility index (Phi) is 6.10. The molecule has 3 heterocycles. The highest BCUT2D eigenvalue weighted by Gasteiger charge is 2.51. The summed E-state index contributed by atoms with van der Waals surface area (Å²) in [6.45, 7) is 4.88. The summed E-state index contributed by atoms with van der Waals surface area (Å²) in [5.74, 6) is 2.00. The van der Waals surface area contributed by atoms with Gasteiger partial charge in [0.15, 0.2) is 0 Å². The normalized spacial score (nSPS) is 33.1. The number of hydrogen-bond donors (Lipinski definition) is 1. The zero-order valence-electron chi connectivity index (χ0n) is 16.7. The van der Waals surface area contributed by atoms with Crippen LogP contribution in [0.5, 0.6) is 0 Å². The van der Waals surface area contributed by atoms with Crippen LogP contribution in [0.1, 0.15) is 55.1 Å². The van der Waals surface area contributed by atoms with Gasteiger partial charge in [-0.15, -0.1) is 12.4 Å². The Bertz CT molecular complexity index is 692. The number of nitrogens with zero attached hydrogens (tertiary/aromatic N) is 1. The lowest BCUT2D eigenvalue weighted by Crippen LogP contribution is -2.57. The number of piperidine rings is 1. The maximum atomic E-state index is 3.91. The summed E-state index contributed by atoms with van der Waals surface area (Å²) in [5, 5.41) is 3.91. The number of benzene rings is 2. The molecule has 2 nitrogen and oxygen atoms in total. The third-order valence-corrected chi connectivity index (χ3v) is 7.55. The van der Waals surface area contributed by atoms with Crippen LogP contribution in [0.4, 0.5) is 0 Å². The second-order valence-electron chi connectivity index (χ2n) is 9.01. The maximum absolute atomic E-state index is 3.91. The summed E-state index contributed by atoms with van der Waals surface area (Å²) in [6, 6.07) is 22.7. The Hall–Kier alpha value is -1.35. The fourth-order valence-corrected chi connectivity index (χ4v) is 6.25. The molecule has 0 radical (unpaired) electrons. The molecule has 0 aromatic heterocycles. The van der Waals surface area contributed by atoms with Crippen molar-refractivity contribution in [2.24, 2.45) is 5.92 Å². The molecule has 2 aromatic rings.